The van der Waals surface area contributed by atoms with Crippen molar-refractivity contribution in [1.29, 1.82) is 0 Å². The van der Waals surface area contributed by atoms with E-state index in [1.807, 2.05) is 30.3 Å². The second-order valence-electron chi connectivity index (χ2n) is 7.95. The Balaban J connectivity index is 0.000000170. The van der Waals surface area contributed by atoms with Crippen LogP contribution in [0.4, 0.5) is 0 Å². The summed E-state index contributed by atoms with van der Waals surface area (Å²) >= 11 is 0. The fourth-order valence-electron chi connectivity index (χ4n) is 3.94. The van der Waals surface area contributed by atoms with Gasteiger partial charge in [0.1, 0.15) is 22.9 Å². The largest absolute Gasteiger partial charge is 0.493 e. The molecular formula is C26H26N4O6. The number of esters is 2. The van der Waals surface area contributed by atoms with Crippen molar-refractivity contribution in [2.45, 2.75) is 26.7 Å². The fourth-order valence-corrected chi connectivity index (χ4v) is 3.94. The zero-order chi connectivity index (χ0) is 25.5. The highest BCUT2D eigenvalue weighted by molar-refractivity contribution is 5.95. The van der Waals surface area contributed by atoms with Gasteiger partial charge < -0.3 is 23.9 Å². The van der Waals surface area contributed by atoms with E-state index in [9.17, 15) is 9.59 Å². The molecule has 0 saturated carbocycles. The SMILES string of the molecule is CCOC(=O)/C(=C/c1ccc2c(c1)OCC2)N=[N+]=[N-].CCOC(=O)c1cc2cc3c(cc2[nH]1)CCO3. The van der Waals surface area contributed by atoms with Gasteiger partial charge in [-0.05, 0) is 66.4 Å². The second-order valence-corrected chi connectivity index (χ2v) is 7.95. The van der Waals surface area contributed by atoms with Gasteiger partial charge in [0.25, 0.3) is 0 Å². The summed E-state index contributed by atoms with van der Waals surface area (Å²) in [7, 11) is 0. The molecule has 0 saturated heterocycles. The molecule has 2 aliphatic rings. The maximum Gasteiger partial charge on any atom is 0.354 e. The van der Waals surface area contributed by atoms with Gasteiger partial charge in [-0.1, -0.05) is 17.2 Å². The number of carbonyl (C=O) groups is 2. The third kappa shape index (κ3) is 5.61. The van der Waals surface area contributed by atoms with Gasteiger partial charge in [0.2, 0.25) is 0 Å². The summed E-state index contributed by atoms with van der Waals surface area (Å²) in [5.41, 5.74) is 12.9. The van der Waals surface area contributed by atoms with E-state index >= 15 is 0 Å². The summed E-state index contributed by atoms with van der Waals surface area (Å²) in [5.74, 6) is 0.774. The molecule has 0 fully saturated rings. The zero-order valence-corrected chi connectivity index (χ0v) is 20.1. The molecule has 1 aromatic heterocycles. The summed E-state index contributed by atoms with van der Waals surface area (Å²) in [4.78, 5) is 28.9. The van der Waals surface area contributed by atoms with E-state index < -0.39 is 5.97 Å². The predicted molar refractivity (Wildman–Crippen MR) is 133 cm³/mol. The van der Waals surface area contributed by atoms with E-state index in [1.165, 1.54) is 11.6 Å². The first-order chi connectivity index (χ1) is 17.5. The number of nitrogens with one attached hydrogen (secondary N) is 1. The molecule has 3 aromatic rings. The standard InChI is InChI=1S/C13H13N3O3.C13H13NO3/c1-2-18-13(17)11(15-16-14)7-9-3-4-10-5-6-19-12(10)8-9;1-2-16-13(15)11-6-9-7-12-8(3-4-17-12)5-10(9)14-11/h3-4,7-8H,2,5-6H2,1H3;5-7,14H,2-4H2,1H3/b11-7-;. The van der Waals surface area contributed by atoms with E-state index in [4.69, 9.17) is 24.5 Å². The average molecular weight is 491 g/mol. The number of fused-ring (bicyclic) bond motifs is 3. The molecule has 0 aliphatic carbocycles. The minimum Gasteiger partial charge on any atom is -0.493 e. The normalized spacial score (nSPS) is 13.3. The van der Waals surface area contributed by atoms with Gasteiger partial charge in [-0.2, -0.15) is 0 Å². The number of hydrogen-bond acceptors (Lipinski definition) is 7. The highest BCUT2D eigenvalue weighted by Gasteiger charge is 2.16. The molecule has 0 bridgehead atoms. The smallest absolute Gasteiger partial charge is 0.354 e. The van der Waals surface area contributed by atoms with Crippen LogP contribution in [0.25, 0.3) is 27.4 Å². The number of hydrogen-bond donors (Lipinski definition) is 1. The van der Waals surface area contributed by atoms with Crippen LogP contribution in [0, 0.1) is 0 Å². The van der Waals surface area contributed by atoms with Crippen LogP contribution in [0.2, 0.25) is 0 Å². The number of azide groups is 1. The molecule has 10 heteroatoms. The first kappa shape index (κ1) is 24.7. The summed E-state index contributed by atoms with van der Waals surface area (Å²) < 4.78 is 20.7. The molecule has 186 valence electrons. The third-order valence-corrected chi connectivity index (χ3v) is 5.59. The van der Waals surface area contributed by atoms with E-state index in [2.05, 4.69) is 15.0 Å². The minimum absolute atomic E-state index is 0.0673. The van der Waals surface area contributed by atoms with Gasteiger partial charge >= 0.3 is 11.9 Å². The first-order valence-corrected chi connectivity index (χ1v) is 11.7. The van der Waals surface area contributed by atoms with Crippen LogP contribution in [0.1, 0.15) is 41.0 Å². The topological polar surface area (TPSA) is 136 Å². The van der Waals surface area contributed by atoms with Gasteiger partial charge in [-0.25, -0.2) is 9.59 Å². The Morgan fingerprint density at radius 3 is 2.47 bits per heavy atom. The van der Waals surface area contributed by atoms with Gasteiger partial charge in [-0.3, -0.25) is 0 Å². The van der Waals surface area contributed by atoms with Crippen molar-refractivity contribution in [2.24, 2.45) is 5.11 Å². The number of aromatic nitrogens is 1. The Morgan fingerprint density at radius 2 is 1.75 bits per heavy atom. The number of nitrogens with zero attached hydrogens (tertiary/aromatic N) is 3. The van der Waals surface area contributed by atoms with Crippen LogP contribution in [0.3, 0.4) is 0 Å². The Morgan fingerprint density at radius 1 is 1.03 bits per heavy atom. The maximum atomic E-state index is 11.6. The molecule has 0 unspecified atom stereocenters. The van der Waals surface area contributed by atoms with Crippen molar-refractivity contribution >= 4 is 28.9 Å². The molecule has 2 aromatic carbocycles. The van der Waals surface area contributed by atoms with E-state index in [0.29, 0.717) is 18.9 Å². The van der Waals surface area contributed by atoms with Gasteiger partial charge in [0.15, 0.2) is 0 Å². The summed E-state index contributed by atoms with van der Waals surface area (Å²) in [6.45, 7) is 5.51. The van der Waals surface area contributed by atoms with Crippen LogP contribution in [-0.2, 0) is 27.1 Å². The monoisotopic (exact) mass is 490 g/mol. The summed E-state index contributed by atoms with van der Waals surface area (Å²) in [5, 5.41) is 4.34. The lowest BCUT2D eigenvalue weighted by Gasteiger charge is -2.03. The van der Waals surface area contributed by atoms with E-state index in [1.54, 1.807) is 19.9 Å². The van der Waals surface area contributed by atoms with Crippen molar-refractivity contribution < 1.29 is 28.5 Å². The highest BCUT2D eigenvalue weighted by atomic mass is 16.5. The number of H-pyrrole nitrogens is 1. The van der Waals surface area contributed by atoms with Crippen LogP contribution < -0.4 is 9.47 Å². The second kappa shape index (κ2) is 11.3. The van der Waals surface area contributed by atoms with Crippen LogP contribution in [-0.4, -0.2) is 43.4 Å². The average Bonchev–Trinajstić information content (AvgIpc) is 3.61. The molecule has 0 radical (unpaired) electrons. The molecule has 0 amide bonds. The van der Waals surface area contributed by atoms with E-state index in [-0.39, 0.29) is 18.3 Å². The predicted octanol–water partition coefficient (Wildman–Crippen LogP) is 5.12. The molecule has 0 atom stereocenters. The molecule has 36 heavy (non-hydrogen) atoms. The molecule has 5 rings (SSSR count). The van der Waals surface area contributed by atoms with Crippen LogP contribution in [0.15, 0.2) is 47.2 Å². The molecule has 2 aliphatic heterocycles. The highest BCUT2D eigenvalue weighted by Crippen LogP contribution is 2.31. The lowest BCUT2D eigenvalue weighted by atomic mass is 10.1. The third-order valence-electron chi connectivity index (χ3n) is 5.59. The Hall–Kier alpha value is -4.43. The van der Waals surface area contributed by atoms with Gasteiger partial charge in [0, 0.05) is 28.7 Å². The lowest BCUT2D eigenvalue weighted by Crippen LogP contribution is -2.05. The lowest BCUT2D eigenvalue weighted by molar-refractivity contribution is -0.138. The number of carbonyl (C=O) groups excluding carboxylic acids is 2. The molecule has 0 spiro atoms. The van der Waals surface area contributed by atoms with Crippen molar-refractivity contribution in [3.05, 3.63) is 74.9 Å². The minimum atomic E-state index is -0.637. The molecule has 3 heterocycles. The molecular weight excluding hydrogens is 464 g/mol. The molecule has 1 N–H and O–H groups in total. The van der Waals surface area contributed by atoms with Crippen LogP contribution >= 0.6 is 0 Å². The summed E-state index contributed by atoms with van der Waals surface area (Å²) in [6.07, 6.45) is 3.30. The maximum absolute atomic E-state index is 11.6. The van der Waals surface area contributed by atoms with Crippen molar-refractivity contribution in [3.8, 4) is 11.5 Å². The van der Waals surface area contributed by atoms with Crippen LogP contribution in [0.5, 0.6) is 11.5 Å². The summed E-state index contributed by atoms with van der Waals surface area (Å²) in [6, 6.07) is 11.4. The number of rotatable bonds is 6. The molecule has 10 nitrogen and oxygen atoms in total. The number of benzene rings is 2. The number of ether oxygens (including phenoxy) is 4. The van der Waals surface area contributed by atoms with Gasteiger partial charge in [-0.15, -0.1) is 0 Å². The fraction of sp³-hybridized carbons (Fsp3) is 0.308. The zero-order valence-electron chi connectivity index (χ0n) is 20.1. The van der Waals surface area contributed by atoms with Gasteiger partial charge in [0.05, 0.1) is 26.4 Å². The van der Waals surface area contributed by atoms with Crippen molar-refractivity contribution in [2.75, 3.05) is 26.4 Å². The number of aromatic amines is 1. The Bertz CT molecular complexity index is 1330. The Labute approximate surface area is 207 Å². The quantitative estimate of drug-likeness (QED) is 0.168. The van der Waals surface area contributed by atoms with Crippen molar-refractivity contribution in [1.82, 2.24) is 4.98 Å². The van der Waals surface area contributed by atoms with E-state index in [0.717, 1.165) is 53.0 Å². The first-order valence-electron chi connectivity index (χ1n) is 11.7. The Kier molecular flexibility index (Phi) is 7.77. The van der Waals surface area contributed by atoms with Crippen molar-refractivity contribution in [3.63, 3.8) is 0 Å².